The van der Waals surface area contributed by atoms with Crippen LogP contribution in [0.3, 0.4) is 0 Å². The molecule has 314 valence electrons. The lowest BCUT2D eigenvalue weighted by molar-refractivity contribution is -0.154. The Morgan fingerprint density at radius 3 is 1.19 bits per heavy atom. The summed E-state index contributed by atoms with van der Waals surface area (Å²) in [6.45, 7) is 5.30. The van der Waals surface area contributed by atoms with Gasteiger partial charge in [-0.3, -0.25) is 4.79 Å². The van der Waals surface area contributed by atoms with Crippen LogP contribution >= 0.6 is 0 Å². The topological polar surface area (TPSA) is 55.8 Å². The molecule has 0 aromatic heterocycles. The third kappa shape index (κ3) is 44.5. The molecule has 1 N–H and O–H groups in total. The molecule has 1 atom stereocenters. The van der Waals surface area contributed by atoms with Crippen LogP contribution in [0.1, 0.15) is 226 Å². The summed E-state index contributed by atoms with van der Waals surface area (Å²) in [5, 5.41) is 9.62. The summed E-state index contributed by atoms with van der Waals surface area (Å²) in [7, 11) is 0. The van der Waals surface area contributed by atoms with Crippen LogP contribution in [0.15, 0.2) is 60.8 Å². The first-order valence-corrected chi connectivity index (χ1v) is 23.4. The van der Waals surface area contributed by atoms with Crippen LogP contribution in [0, 0.1) is 0 Å². The maximum absolute atomic E-state index is 12.2. The van der Waals surface area contributed by atoms with Crippen LogP contribution < -0.4 is 0 Å². The lowest BCUT2D eigenvalue weighted by atomic mass is 10.0. The van der Waals surface area contributed by atoms with Gasteiger partial charge in [0.1, 0.15) is 6.10 Å². The van der Waals surface area contributed by atoms with E-state index in [1.54, 1.807) is 0 Å². The molecule has 0 aliphatic carbocycles. The molecule has 4 nitrogen and oxygen atoms in total. The van der Waals surface area contributed by atoms with Crippen molar-refractivity contribution in [1.29, 1.82) is 0 Å². The number of carbonyl (C=O) groups excluding carboxylic acids is 1. The van der Waals surface area contributed by atoms with E-state index in [-0.39, 0.29) is 19.2 Å². The molecule has 0 heterocycles. The van der Waals surface area contributed by atoms with E-state index < -0.39 is 6.10 Å². The average Bonchev–Trinajstić information content (AvgIpc) is 3.18. The summed E-state index contributed by atoms with van der Waals surface area (Å²) in [6.07, 6.45) is 62.9. The van der Waals surface area contributed by atoms with Crippen LogP contribution in [0.5, 0.6) is 0 Å². The van der Waals surface area contributed by atoms with Gasteiger partial charge in [-0.15, -0.1) is 0 Å². The van der Waals surface area contributed by atoms with Crippen LogP contribution in [0.2, 0.25) is 0 Å². The Morgan fingerprint density at radius 2 is 0.778 bits per heavy atom. The van der Waals surface area contributed by atoms with Crippen LogP contribution in [0.4, 0.5) is 0 Å². The Morgan fingerprint density at radius 1 is 0.444 bits per heavy atom. The van der Waals surface area contributed by atoms with E-state index in [1.807, 2.05) is 0 Å². The van der Waals surface area contributed by atoms with Gasteiger partial charge in [0.25, 0.3) is 0 Å². The van der Waals surface area contributed by atoms with Gasteiger partial charge in [-0.1, -0.05) is 197 Å². The van der Waals surface area contributed by atoms with Crippen molar-refractivity contribution in [2.24, 2.45) is 0 Å². The number of hydrogen-bond acceptors (Lipinski definition) is 4. The monoisotopic (exact) mass is 755 g/mol. The Bertz CT molecular complexity index is 885. The lowest BCUT2D eigenvalue weighted by Gasteiger charge is -2.15. The first-order valence-electron chi connectivity index (χ1n) is 23.4. The third-order valence-electron chi connectivity index (χ3n) is 10.1. The second-order valence-electron chi connectivity index (χ2n) is 15.5. The molecular weight excluding hydrogens is 665 g/mol. The quantitative estimate of drug-likeness (QED) is 0.0383. The summed E-state index contributed by atoms with van der Waals surface area (Å²) in [5.74, 6) is -0.209. The minimum absolute atomic E-state index is 0.179. The molecule has 0 aliphatic heterocycles. The molecule has 0 amide bonds. The summed E-state index contributed by atoms with van der Waals surface area (Å²) >= 11 is 0. The normalized spacial score (nSPS) is 12.9. The molecule has 0 fully saturated rings. The molecule has 0 rings (SSSR count). The fourth-order valence-corrected chi connectivity index (χ4v) is 6.54. The van der Waals surface area contributed by atoms with Gasteiger partial charge >= 0.3 is 5.97 Å². The number of aliphatic hydroxyl groups excluding tert-OH is 1. The second kappa shape index (κ2) is 47.2. The number of esters is 1. The van der Waals surface area contributed by atoms with Gasteiger partial charge in [0.05, 0.1) is 13.2 Å². The van der Waals surface area contributed by atoms with E-state index in [1.165, 1.54) is 161 Å². The number of ether oxygens (including phenoxy) is 2. The van der Waals surface area contributed by atoms with E-state index in [0.717, 1.165) is 44.9 Å². The van der Waals surface area contributed by atoms with Crippen molar-refractivity contribution in [2.45, 2.75) is 232 Å². The van der Waals surface area contributed by atoms with Gasteiger partial charge in [0, 0.05) is 13.0 Å². The number of aliphatic hydroxyl groups is 1. The molecule has 0 saturated heterocycles. The summed E-state index contributed by atoms with van der Waals surface area (Å²) < 4.78 is 11.2. The molecule has 0 aromatic rings. The standard InChI is InChI=1S/C50H90O4/c1-3-5-7-9-11-13-15-17-19-21-22-23-24-25-26-27-28-29-31-33-35-37-39-41-43-45-50(52)54-49(47-51)48-53-46-44-42-40-38-36-34-32-30-20-18-16-14-12-10-8-6-4-2/h14-17,20-22,24-25,30,49,51H,3-13,18-19,23,26-29,31-48H2,1-2H3/b16-14-,17-15-,22-21-,25-24-,30-20-. The minimum Gasteiger partial charge on any atom is -0.457 e. The van der Waals surface area contributed by atoms with Gasteiger partial charge in [0.15, 0.2) is 0 Å². The smallest absolute Gasteiger partial charge is 0.306 e. The zero-order valence-electron chi connectivity index (χ0n) is 36.0. The maximum Gasteiger partial charge on any atom is 0.306 e. The van der Waals surface area contributed by atoms with Crippen molar-refractivity contribution in [3.63, 3.8) is 0 Å². The highest BCUT2D eigenvalue weighted by Crippen LogP contribution is 2.14. The van der Waals surface area contributed by atoms with Crippen LogP contribution in [0.25, 0.3) is 0 Å². The highest BCUT2D eigenvalue weighted by molar-refractivity contribution is 5.69. The number of carbonyl (C=O) groups is 1. The van der Waals surface area contributed by atoms with Crippen molar-refractivity contribution >= 4 is 5.97 Å². The van der Waals surface area contributed by atoms with Gasteiger partial charge in [-0.25, -0.2) is 0 Å². The van der Waals surface area contributed by atoms with E-state index in [4.69, 9.17) is 9.47 Å². The predicted octanol–water partition coefficient (Wildman–Crippen LogP) is 15.6. The minimum atomic E-state index is -0.544. The summed E-state index contributed by atoms with van der Waals surface area (Å²) in [4.78, 5) is 12.2. The van der Waals surface area contributed by atoms with Crippen LogP contribution in [-0.4, -0.2) is 37.0 Å². The fourth-order valence-electron chi connectivity index (χ4n) is 6.54. The number of allylic oxidation sites excluding steroid dienone is 10. The molecule has 4 heteroatoms. The fraction of sp³-hybridized carbons (Fsp3) is 0.780. The Kier molecular flexibility index (Phi) is 45.6. The van der Waals surface area contributed by atoms with Crippen molar-refractivity contribution in [3.05, 3.63) is 60.8 Å². The average molecular weight is 755 g/mol. The summed E-state index contributed by atoms with van der Waals surface area (Å²) in [5.41, 5.74) is 0. The zero-order valence-corrected chi connectivity index (χ0v) is 36.0. The van der Waals surface area contributed by atoms with Gasteiger partial charge in [-0.05, 0) is 83.5 Å². The van der Waals surface area contributed by atoms with E-state index in [2.05, 4.69) is 74.6 Å². The van der Waals surface area contributed by atoms with Crippen molar-refractivity contribution in [2.75, 3.05) is 19.8 Å². The SMILES string of the molecule is CCCCCC/C=C\C/C=C\CCCCCCCCOCC(CO)OC(=O)CCCCCCCCCCCC/C=C\C/C=C\C/C=C\CCCCCCC. The largest absolute Gasteiger partial charge is 0.457 e. The molecule has 0 aliphatic rings. The van der Waals surface area contributed by atoms with Gasteiger partial charge in [-0.2, -0.15) is 0 Å². The first kappa shape index (κ1) is 52.1. The zero-order chi connectivity index (χ0) is 39.1. The maximum atomic E-state index is 12.2. The lowest BCUT2D eigenvalue weighted by Crippen LogP contribution is -2.27. The molecular formula is C50H90O4. The van der Waals surface area contributed by atoms with Crippen molar-refractivity contribution in [3.8, 4) is 0 Å². The van der Waals surface area contributed by atoms with Gasteiger partial charge < -0.3 is 14.6 Å². The molecule has 0 spiro atoms. The molecule has 1 unspecified atom stereocenters. The van der Waals surface area contributed by atoms with Crippen LogP contribution in [-0.2, 0) is 14.3 Å². The molecule has 0 saturated carbocycles. The molecule has 0 aromatic carbocycles. The van der Waals surface area contributed by atoms with E-state index in [0.29, 0.717) is 13.0 Å². The van der Waals surface area contributed by atoms with Gasteiger partial charge in [0.2, 0.25) is 0 Å². The Hall–Kier alpha value is -1.91. The first-order chi connectivity index (χ1) is 26.7. The third-order valence-corrected chi connectivity index (χ3v) is 10.1. The number of hydrogen-bond donors (Lipinski definition) is 1. The van der Waals surface area contributed by atoms with Crippen molar-refractivity contribution in [1.82, 2.24) is 0 Å². The highest BCUT2D eigenvalue weighted by Gasteiger charge is 2.13. The summed E-state index contributed by atoms with van der Waals surface area (Å²) in [6, 6.07) is 0. The molecule has 0 radical (unpaired) electrons. The Balaban J connectivity index is 3.46. The van der Waals surface area contributed by atoms with E-state index >= 15 is 0 Å². The predicted molar refractivity (Wildman–Crippen MR) is 237 cm³/mol. The van der Waals surface area contributed by atoms with Crippen molar-refractivity contribution < 1.29 is 19.4 Å². The molecule has 54 heavy (non-hydrogen) atoms. The highest BCUT2D eigenvalue weighted by atomic mass is 16.6. The number of rotatable bonds is 43. The molecule has 0 bridgehead atoms. The number of unbranched alkanes of at least 4 members (excludes halogenated alkanes) is 25. The van der Waals surface area contributed by atoms with E-state index in [9.17, 15) is 9.90 Å². The Labute approximate surface area is 336 Å². The second-order valence-corrected chi connectivity index (χ2v) is 15.5.